The first kappa shape index (κ1) is 11.7. The quantitative estimate of drug-likeness (QED) is 0.776. The molecule has 1 heteroatoms. The molecule has 0 aliphatic heterocycles. The van der Waals surface area contributed by atoms with Crippen molar-refractivity contribution in [3.05, 3.63) is 35.9 Å². The van der Waals surface area contributed by atoms with Crippen molar-refractivity contribution in [2.24, 2.45) is 17.3 Å². The Kier molecular flexibility index (Phi) is 2.29. The van der Waals surface area contributed by atoms with Crippen LogP contribution in [-0.4, -0.2) is 5.78 Å². The van der Waals surface area contributed by atoms with Gasteiger partial charge in [0.05, 0.1) is 0 Å². The topological polar surface area (TPSA) is 17.1 Å². The molecule has 4 fully saturated rings. The molecule has 0 saturated heterocycles. The second-order valence-electron chi connectivity index (χ2n) is 7.14. The highest BCUT2D eigenvalue weighted by atomic mass is 16.1. The normalized spacial score (nSPS) is 43.4. The number of Topliss-reactive ketones (excluding diaryl/α,β-unsaturated/α-hetero) is 1. The second kappa shape index (κ2) is 3.71. The van der Waals surface area contributed by atoms with Gasteiger partial charge in [-0.1, -0.05) is 36.8 Å². The molecule has 0 radical (unpaired) electrons. The molecule has 0 heterocycles. The third kappa shape index (κ3) is 1.34. The van der Waals surface area contributed by atoms with Crippen LogP contribution in [0.2, 0.25) is 0 Å². The molecule has 1 aromatic carbocycles. The summed E-state index contributed by atoms with van der Waals surface area (Å²) in [5.41, 5.74) is 1.86. The molecule has 4 aliphatic rings. The van der Waals surface area contributed by atoms with Gasteiger partial charge in [0, 0.05) is 5.41 Å². The van der Waals surface area contributed by atoms with Crippen molar-refractivity contribution in [3.8, 4) is 0 Å². The summed E-state index contributed by atoms with van der Waals surface area (Å²) in [6.07, 6.45) is 7.49. The van der Waals surface area contributed by atoms with E-state index in [1.54, 1.807) is 0 Å². The number of rotatable bonds is 2. The average Bonchev–Trinajstić information content (AvgIpc) is 2.82. The SMILES string of the molecule is CC(=O)C12CC3CC1CCCC3(c1ccccc1)C2. The van der Waals surface area contributed by atoms with E-state index in [-0.39, 0.29) is 5.41 Å². The Morgan fingerprint density at radius 2 is 2.00 bits per heavy atom. The largest absolute Gasteiger partial charge is 0.299 e. The molecule has 19 heavy (non-hydrogen) atoms. The highest BCUT2D eigenvalue weighted by molar-refractivity contribution is 5.84. The monoisotopic (exact) mass is 254 g/mol. The van der Waals surface area contributed by atoms with Gasteiger partial charge in [-0.25, -0.2) is 0 Å². The lowest BCUT2D eigenvalue weighted by atomic mass is 9.62. The van der Waals surface area contributed by atoms with Crippen LogP contribution < -0.4 is 0 Å². The summed E-state index contributed by atoms with van der Waals surface area (Å²) in [5, 5.41) is 0. The first-order valence-corrected chi connectivity index (χ1v) is 7.74. The van der Waals surface area contributed by atoms with Crippen molar-refractivity contribution in [3.63, 3.8) is 0 Å². The zero-order valence-electron chi connectivity index (χ0n) is 11.7. The highest BCUT2D eigenvalue weighted by Crippen LogP contribution is 2.70. The van der Waals surface area contributed by atoms with E-state index in [4.69, 9.17) is 0 Å². The molecule has 4 atom stereocenters. The first-order chi connectivity index (χ1) is 9.17. The van der Waals surface area contributed by atoms with Crippen molar-refractivity contribution in [2.75, 3.05) is 0 Å². The van der Waals surface area contributed by atoms with Gasteiger partial charge < -0.3 is 0 Å². The molecule has 0 spiro atoms. The fraction of sp³-hybridized carbons (Fsp3) is 0.611. The number of fused-ring (bicyclic) bond motifs is 2. The molecule has 4 bridgehead atoms. The van der Waals surface area contributed by atoms with E-state index in [0.29, 0.717) is 17.1 Å². The molecule has 4 saturated carbocycles. The van der Waals surface area contributed by atoms with Crippen molar-refractivity contribution >= 4 is 5.78 Å². The minimum absolute atomic E-state index is 0.0387. The van der Waals surface area contributed by atoms with Gasteiger partial charge in [0.25, 0.3) is 0 Å². The van der Waals surface area contributed by atoms with Gasteiger partial charge in [0.15, 0.2) is 0 Å². The highest BCUT2D eigenvalue weighted by Gasteiger charge is 2.66. The Morgan fingerprint density at radius 3 is 2.74 bits per heavy atom. The van der Waals surface area contributed by atoms with Gasteiger partial charge >= 0.3 is 0 Å². The third-order valence-corrected chi connectivity index (χ3v) is 6.60. The molecular weight excluding hydrogens is 232 g/mol. The maximum absolute atomic E-state index is 12.3. The summed E-state index contributed by atoms with van der Waals surface area (Å²) in [7, 11) is 0. The lowest BCUT2D eigenvalue weighted by molar-refractivity contribution is -0.128. The Labute approximate surface area is 115 Å². The lowest BCUT2D eigenvalue weighted by Gasteiger charge is -2.41. The summed E-state index contributed by atoms with van der Waals surface area (Å²) in [5.74, 6) is 1.92. The van der Waals surface area contributed by atoms with E-state index in [0.717, 1.165) is 12.3 Å². The second-order valence-corrected chi connectivity index (χ2v) is 7.14. The molecular formula is C18H22O. The summed E-state index contributed by atoms with van der Waals surface area (Å²) >= 11 is 0. The summed E-state index contributed by atoms with van der Waals surface area (Å²) in [6, 6.07) is 11.0. The number of carbonyl (C=O) groups is 1. The van der Waals surface area contributed by atoms with Crippen molar-refractivity contribution in [2.45, 2.75) is 50.9 Å². The van der Waals surface area contributed by atoms with Crippen LogP contribution >= 0.6 is 0 Å². The zero-order chi connectivity index (χ0) is 13.1. The predicted octanol–water partition coefficient (Wildman–Crippen LogP) is 4.11. The van der Waals surface area contributed by atoms with Crippen LogP contribution in [0.1, 0.15) is 51.0 Å². The zero-order valence-corrected chi connectivity index (χ0v) is 11.7. The van der Waals surface area contributed by atoms with Gasteiger partial charge in [-0.2, -0.15) is 0 Å². The summed E-state index contributed by atoms with van der Waals surface area (Å²) < 4.78 is 0. The van der Waals surface area contributed by atoms with Crippen LogP contribution in [0.25, 0.3) is 0 Å². The molecule has 0 N–H and O–H groups in total. The van der Waals surface area contributed by atoms with E-state index in [2.05, 4.69) is 30.3 Å². The van der Waals surface area contributed by atoms with E-state index in [1.807, 2.05) is 6.92 Å². The van der Waals surface area contributed by atoms with E-state index < -0.39 is 0 Å². The molecule has 1 aromatic rings. The van der Waals surface area contributed by atoms with Crippen LogP contribution in [0.15, 0.2) is 30.3 Å². The maximum Gasteiger partial charge on any atom is 0.136 e. The number of hydrogen-bond donors (Lipinski definition) is 0. The van der Waals surface area contributed by atoms with E-state index in [9.17, 15) is 4.79 Å². The smallest absolute Gasteiger partial charge is 0.136 e. The Hall–Kier alpha value is -1.11. The Balaban J connectivity index is 1.85. The molecule has 0 amide bonds. The van der Waals surface area contributed by atoms with Gasteiger partial charge in [-0.05, 0) is 61.8 Å². The van der Waals surface area contributed by atoms with Crippen molar-refractivity contribution < 1.29 is 4.79 Å². The first-order valence-electron chi connectivity index (χ1n) is 7.74. The van der Waals surface area contributed by atoms with Crippen LogP contribution in [0.3, 0.4) is 0 Å². The molecule has 4 aliphatic carbocycles. The number of ketones is 1. The number of benzene rings is 1. The third-order valence-electron chi connectivity index (χ3n) is 6.60. The van der Waals surface area contributed by atoms with Crippen molar-refractivity contribution in [1.29, 1.82) is 0 Å². The molecule has 1 nitrogen and oxygen atoms in total. The van der Waals surface area contributed by atoms with Crippen LogP contribution in [0, 0.1) is 17.3 Å². The molecule has 0 aromatic heterocycles. The van der Waals surface area contributed by atoms with Gasteiger partial charge in [-0.3, -0.25) is 4.79 Å². The van der Waals surface area contributed by atoms with Crippen LogP contribution in [-0.2, 0) is 10.2 Å². The Morgan fingerprint density at radius 1 is 1.21 bits per heavy atom. The lowest BCUT2D eigenvalue weighted by Crippen LogP contribution is -2.39. The molecule has 100 valence electrons. The van der Waals surface area contributed by atoms with Crippen LogP contribution in [0.5, 0.6) is 0 Å². The van der Waals surface area contributed by atoms with Gasteiger partial charge in [-0.15, -0.1) is 0 Å². The Bertz CT molecular complexity index is 520. The standard InChI is InChI=1S/C18H22O/c1-13(19)18-11-16-10-15(18)8-5-9-17(16,12-18)14-6-3-2-4-7-14/h2-4,6-7,15-16H,5,8-12H2,1H3. The predicted molar refractivity (Wildman–Crippen MR) is 75.9 cm³/mol. The minimum atomic E-state index is 0.0387. The fourth-order valence-electron chi connectivity index (χ4n) is 5.76. The average molecular weight is 254 g/mol. The maximum atomic E-state index is 12.3. The van der Waals surface area contributed by atoms with Crippen LogP contribution in [0.4, 0.5) is 0 Å². The summed E-state index contributed by atoms with van der Waals surface area (Å²) in [4.78, 5) is 12.3. The van der Waals surface area contributed by atoms with Gasteiger partial charge in [0.1, 0.15) is 5.78 Å². The summed E-state index contributed by atoms with van der Waals surface area (Å²) in [6.45, 7) is 1.85. The fourth-order valence-corrected chi connectivity index (χ4v) is 5.76. The number of hydrogen-bond acceptors (Lipinski definition) is 1. The molecule has 5 rings (SSSR count). The number of carbonyl (C=O) groups excluding carboxylic acids is 1. The molecule has 4 unspecified atom stereocenters. The van der Waals surface area contributed by atoms with Crippen molar-refractivity contribution in [1.82, 2.24) is 0 Å². The van der Waals surface area contributed by atoms with E-state index in [1.165, 1.54) is 37.7 Å². The van der Waals surface area contributed by atoms with E-state index >= 15 is 0 Å². The minimum Gasteiger partial charge on any atom is -0.299 e. The van der Waals surface area contributed by atoms with Gasteiger partial charge in [0.2, 0.25) is 0 Å².